The Balaban J connectivity index is 2.89. The first kappa shape index (κ1) is 15.3. The fourth-order valence-corrected chi connectivity index (χ4v) is 1.81. The molecule has 0 aliphatic carbocycles. The number of anilines is 1. The fourth-order valence-electron chi connectivity index (χ4n) is 1.64. The molecular weight excluding hydrogens is 266 g/mol. The number of likely N-dealkylation sites (N-methyl/N-ethyl adjacent to an activating group) is 2. The average molecular weight is 284 g/mol. The molecule has 0 unspecified atom stereocenters. The molecule has 0 bridgehead atoms. The number of rotatable bonds is 5. The summed E-state index contributed by atoms with van der Waals surface area (Å²) in [5.74, 6) is -0.493. The van der Waals surface area contributed by atoms with E-state index in [0.717, 1.165) is 0 Å². The van der Waals surface area contributed by atoms with Crippen molar-refractivity contribution < 1.29 is 9.59 Å². The molecule has 104 valence electrons. The molecular formula is C13H18ClN3O2. The molecule has 6 heteroatoms. The maximum absolute atomic E-state index is 12.3. The topological polar surface area (TPSA) is 75.4 Å². The molecule has 0 saturated heterocycles. The lowest BCUT2D eigenvalue weighted by Crippen LogP contribution is -2.40. The molecule has 1 aromatic rings. The van der Waals surface area contributed by atoms with Gasteiger partial charge in [0.1, 0.15) is 0 Å². The van der Waals surface area contributed by atoms with Crippen molar-refractivity contribution in [3.8, 4) is 0 Å². The van der Waals surface area contributed by atoms with E-state index in [1.165, 1.54) is 11.0 Å². The van der Waals surface area contributed by atoms with Crippen LogP contribution in [0.25, 0.3) is 0 Å². The Morgan fingerprint density at radius 1 is 1.37 bits per heavy atom. The predicted octanol–water partition coefficient (Wildman–Crippen LogP) is 1.52. The Hall–Kier alpha value is -1.75. The maximum atomic E-state index is 12.3. The third-order valence-electron chi connectivity index (χ3n) is 2.62. The van der Waals surface area contributed by atoms with Crippen LogP contribution in [0.1, 0.15) is 24.2 Å². The van der Waals surface area contributed by atoms with Gasteiger partial charge < -0.3 is 16.0 Å². The van der Waals surface area contributed by atoms with Crippen molar-refractivity contribution in [3.63, 3.8) is 0 Å². The molecule has 19 heavy (non-hydrogen) atoms. The van der Waals surface area contributed by atoms with Crippen LogP contribution >= 0.6 is 11.6 Å². The Kier molecular flexibility index (Phi) is 5.63. The predicted molar refractivity (Wildman–Crippen MR) is 76.1 cm³/mol. The van der Waals surface area contributed by atoms with E-state index in [2.05, 4.69) is 5.32 Å². The van der Waals surface area contributed by atoms with Crippen LogP contribution in [0.2, 0.25) is 5.02 Å². The molecule has 0 aliphatic heterocycles. The van der Waals surface area contributed by atoms with Crippen LogP contribution in [0.15, 0.2) is 18.2 Å². The number of amides is 2. The number of carbonyl (C=O) groups is 2. The van der Waals surface area contributed by atoms with E-state index in [-0.39, 0.29) is 18.4 Å². The van der Waals surface area contributed by atoms with Gasteiger partial charge in [-0.3, -0.25) is 9.59 Å². The lowest BCUT2D eigenvalue weighted by molar-refractivity contribution is -0.121. The number of nitrogens with two attached hydrogens (primary N) is 1. The minimum absolute atomic E-state index is 0.00905. The molecule has 1 rings (SSSR count). The van der Waals surface area contributed by atoms with Gasteiger partial charge in [0, 0.05) is 23.8 Å². The molecule has 3 N–H and O–H groups in total. The van der Waals surface area contributed by atoms with Crippen molar-refractivity contribution in [3.05, 3.63) is 28.8 Å². The second-order valence-electron chi connectivity index (χ2n) is 4.00. The van der Waals surface area contributed by atoms with Gasteiger partial charge in [-0.2, -0.15) is 0 Å². The Morgan fingerprint density at radius 3 is 2.63 bits per heavy atom. The highest BCUT2D eigenvalue weighted by Gasteiger charge is 2.19. The number of nitrogens with zero attached hydrogens (tertiary/aromatic N) is 1. The number of halogens is 1. The monoisotopic (exact) mass is 283 g/mol. The van der Waals surface area contributed by atoms with Gasteiger partial charge in [0.15, 0.2) is 0 Å². The van der Waals surface area contributed by atoms with Crippen LogP contribution < -0.4 is 11.1 Å². The highest BCUT2D eigenvalue weighted by Crippen LogP contribution is 2.19. The molecule has 1 aromatic carbocycles. The number of nitrogens with one attached hydrogen (secondary N) is 1. The van der Waals surface area contributed by atoms with Gasteiger partial charge in [-0.1, -0.05) is 11.6 Å². The average Bonchev–Trinajstić information content (AvgIpc) is 2.38. The van der Waals surface area contributed by atoms with E-state index in [1.807, 2.05) is 6.92 Å². The van der Waals surface area contributed by atoms with E-state index < -0.39 is 0 Å². The minimum atomic E-state index is -0.297. The number of carbonyl (C=O) groups excluding carboxylic acids is 2. The van der Waals surface area contributed by atoms with Crippen LogP contribution in [-0.4, -0.2) is 36.3 Å². The number of benzene rings is 1. The summed E-state index contributed by atoms with van der Waals surface area (Å²) in [7, 11) is 0. The van der Waals surface area contributed by atoms with Gasteiger partial charge in [-0.25, -0.2) is 0 Å². The van der Waals surface area contributed by atoms with Crippen LogP contribution in [0.5, 0.6) is 0 Å². The summed E-state index contributed by atoms with van der Waals surface area (Å²) in [6.07, 6.45) is 0. The van der Waals surface area contributed by atoms with Crippen molar-refractivity contribution in [1.29, 1.82) is 0 Å². The molecule has 0 radical (unpaired) electrons. The van der Waals surface area contributed by atoms with Crippen LogP contribution in [0.3, 0.4) is 0 Å². The molecule has 0 aliphatic rings. The Morgan fingerprint density at radius 2 is 2.05 bits per heavy atom. The van der Waals surface area contributed by atoms with Gasteiger partial charge in [-0.05, 0) is 32.0 Å². The zero-order chi connectivity index (χ0) is 14.4. The number of nitrogen functional groups attached to an aromatic ring is 1. The fraction of sp³-hybridized carbons (Fsp3) is 0.385. The summed E-state index contributed by atoms with van der Waals surface area (Å²) in [4.78, 5) is 25.3. The van der Waals surface area contributed by atoms with Crippen LogP contribution in [0, 0.1) is 0 Å². The molecule has 0 fully saturated rings. The Bertz CT molecular complexity index is 477. The first-order valence-electron chi connectivity index (χ1n) is 6.10. The Labute approximate surface area is 117 Å². The smallest absolute Gasteiger partial charge is 0.256 e. The maximum Gasteiger partial charge on any atom is 0.256 e. The first-order chi connectivity index (χ1) is 8.99. The quantitative estimate of drug-likeness (QED) is 0.805. The summed E-state index contributed by atoms with van der Waals surface area (Å²) < 4.78 is 0. The van der Waals surface area contributed by atoms with E-state index in [0.29, 0.717) is 29.4 Å². The third-order valence-corrected chi connectivity index (χ3v) is 2.86. The lowest BCUT2D eigenvalue weighted by Gasteiger charge is -2.21. The summed E-state index contributed by atoms with van der Waals surface area (Å²) in [6.45, 7) is 4.59. The molecule has 0 saturated carbocycles. The lowest BCUT2D eigenvalue weighted by atomic mass is 10.1. The van der Waals surface area contributed by atoms with Gasteiger partial charge in [0.25, 0.3) is 5.91 Å². The normalized spacial score (nSPS) is 10.1. The molecule has 0 atom stereocenters. The van der Waals surface area contributed by atoms with E-state index in [1.54, 1.807) is 19.1 Å². The molecule has 5 nitrogen and oxygen atoms in total. The van der Waals surface area contributed by atoms with Crippen LogP contribution in [-0.2, 0) is 4.79 Å². The first-order valence-corrected chi connectivity index (χ1v) is 6.48. The SMILES string of the molecule is CCNC(=O)CN(CC)C(=O)c1cc(Cl)ccc1N. The van der Waals surface area contributed by atoms with E-state index >= 15 is 0 Å². The van der Waals surface area contributed by atoms with Crippen molar-refractivity contribution in [2.45, 2.75) is 13.8 Å². The van der Waals surface area contributed by atoms with Crippen molar-refractivity contribution in [2.24, 2.45) is 0 Å². The molecule has 0 aromatic heterocycles. The summed E-state index contributed by atoms with van der Waals surface area (Å²) in [5.41, 5.74) is 6.43. The van der Waals surface area contributed by atoms with E-state index in [9.17, 15) is 9.59 Å². The van der Waals surface area contributed by atoms with Gasteiger partial charge >= 0.3 is 0 Å². The zero-order valence-electron chi connectivity index (χ0n) is 11.1. The molecule has 2 amide bonds. The van der Waals surface area contributed by atoms with Gasteiger partial charge in [-0.15, -0.1) is 0 Å². The third kappa shape index (κ3) is 4.13. The van der Waals surface area contributed by atoms with E-state index in [4.69, 9.17) is 17.3 Å². The number of hydrogen-bond acceptors (Lipinski definition) is 3. The van der Waals surface area contributed by atoms with Crippen LogP contribution in [0.4, 0.5) is 5.69 Å². The summed E-state index contributed by atoms with van der Waals surface area (Å²) in [5, 5.41) is 3.09. The molecule has 0 heterocycles. The zero-order valence-corrected chi connectivity index (χ0v) is 11.8. The summed E-state index contributed by atoms with van der Waals surface area (Å²) in [6, 6.07) is 4.71. The van der Waals surface area contributed by atoms with Crippen molar-refractivity contribution in [2.75, 3.05) is 25.4 Å². The second-order valence-corrected chi connectivity index (χ2v) is 4.44. The minimum Gasteiger partial charge on any atom is -0.398 e. The number of hydrogen-bond donors (Lipinski definition) is 2. The standard InChI is InChI=1S/C13H18ClN3O2/c1-3-16-12(18)8-17(4-2)13(19)10-7-9(14)5-6-11(10)15/h5-7H,3-4,8,15H2,1-2H3,(H,16,18). The largest absolute Gasteiger partial charge is 0.398 e. The van der Waals surface area contributed by atoms with Crippen molar-refractivity contribution in [1.82, 2.24) is 10.2 Å². The molecule has 0 spiro atoms. The summed E-state index contributed by atoms with van der Waals surface area (Å²) >= 11 is 5.86. The second kappa shape index (κ2) is 6.99. The van der Waals surface area contributed by atoms with Gasteiger partial charge in [0.05, 0.1) is 12.1 Å². The van der Waals surface area contributed by atoms with Crippen molar-refractivity contribution >= 4 is 29.1 Å². The highest BCUT2D eigenvalue weighted by atomic mass is 35.5. The highest BCUT2D eigenvalue weighted by molar-refractivity contribution is 6.31. The van der Waals surface area contributed by atoms with Gasteiger partial charge in [0.2, 0.25) is 5.91 Å².